The topological polar surface area (TPSA) is 89.7 Å². The number of benzene rings is 1. The minimum absolute atomic E-state index is 0.195. The maximum absolute atomic E-state index is 13.0. The molecule has 3 unspecified atom stereocenters. The molecule has 0 bridgehead atoms. The number of hydrogen-bond donors (Lipinski definition) is 2. The first-order valence-electron chi connectivity index (χ1n) is 10.1. The van der Waals surface area contributed by atoms with Crippen molar-refractivity contribution >= 4 is 44.4 Å². The highest BCUT2D eigenvalue weighted by molar-refractivity contribution is 7.24. The highest BCUT2D eigenvalue weighted by atomic mass is 32.1. The number of rotatable bonds is 2. The molecule has 9 heteroatoms. The Labute approximate surface area is 176 Å². The summed E-state index contributed by atoms with van der Waals surface area (Å²) in [7, 11) is 2.18. The number of aromatic carboxylic acids is 1. The van der Waals surface area contributed by atoms with Gasteiger partial charge in [-0.15, -0.1) is 11.3 Å². The van der Waals surface area contributed by atoms with Crippen molar-refractivity contribution in [3.8, 4) is 0 Å². The number of nitrogens with zero attached hydrogens (tertiary/aromatic N) is 4. The van der Waals surface area contributed by atoms with Crippen LogP contribution in [0.15, 0.2) is 34.1 Å². The van der Waals surface area contributed by atoms with Gasteiger partial charge in [-0.3, -0.25) is 19.1 Å². The lowest BCUT2D eigenvalue weighted by molar-refractivity contribution is 0.0697. The molecule has 0 saturated carbocycles. The van der Waals surface area contributed by atoms with Gasteiger partial charge in [0.05, 0.1) is 15.8 Å². The van der Waals surface area contributed by atoms with Crippen molar-refractivity contribution in [3.05, 3.63) is 45.6 Å². The summed E-state index contributed by atoms with van der Waals surface area (Å²) >= 11 is 1.33. The van der Waals surface area contributed by atoms with Gasteiger partial charge in [-0.05, 0) is 38.1 Å². The Morgan fingerprint density at radius 2 is 2.13 bits per heavy atom. The molecule has 154 valence electrons. The number of thiazole rings is 1. The number of carboxylic acid groups (broad SMARTS) is 1. The van der Waals surface area contributed by atoms with Crippen LogP contribution in [0.4, 0.5) is 5.82 Å². The van der Waals surface area contributed by atoms with Gasteiger partial charge in [-0.1, -0.05) is 12.1 Å². The molecule has 5 heterocycles. The molecule has 8 nitrogen and oxygen atoms in total. The van der Waals surface area contributed by atoms with Crippen LogP contribution < -0.4 is 10.7 Å². The summed E-state index contributed by atoms with van der Waals surface area (Å²) in [6.07, 6.45) is 2.49. The van der Waals surface area contributed by atoms with Gasteiger partial charge in [0.2, 0.25) is 5.43 Å². The number of hydrogen-bond acceptors (Lipinski definition) is 7. The summed E-state index contributed by atoms with van der Waals surface area (Å²) < 4.78 is 2.81. The Morgan fingerprint density at radius 1 is 1.30 bits per heavy atom. The Kier molecular flexibility index (Phi) is 3.83. The number of aromatic nitrogens is 1. The molecular weight excluding hydrogens is 402 g/mol. The van der Waals surface area contributed by atoms with Crippen LogP contribution in [0, 0.1) is 5.92 Å². The summed E-state index contributed by atoms with van der Waals surface area (Å²) in [5.74, 6) is 0.0631. The predicted molar refractivity (Wildman–Crippen MR) is 117 cm³/mol. The molecule has 3 aliphatic rings. The third kappa shape index (κ3) is 2.43. The van der Waals surface area contributed by atoms with Crippen LogP contribution in [0.5, 0.6) is 0 Å². The molecule has 6 rings (SSSR count). The summed E-state index contributed by atoms with van der Waals surface area (Å²) in [6, 6.07) is 8.28. The smallest absolute Gasteiger partial charge is 0.342 e. The molecular formula is C21H21N5O3S. The van der Waals surface area contributed by atoms with E-state index in [9.17, 15) is 14.7 Å². The van der Waals surface area contributed by atoms with E-state index in [0.29, 0.717) is 28.2 Å². The number of fused-ring (bicyclic) bond motifs is 6. The molecule has 2 saturated heterocycles. The monoisotopic (exact) mass is 423 g/mol. The second kappa shape index (κ2) is 6.37. The fraction of sp³-hybridized carbons (Fsp3) is 0.381. The molecule has 3 aromatic rings. The number of aliphatic imine (C=N–C) groups is 1. The number of carbonyl (C=O) groups is 1. The average Bonchev–Trinajstić information content (AvgIpc) is 3.41. The molecule has 30 heavy (non-hydrogen) atoms. The number of pyridine rings is 1. The molecule has 0 radical (unpaired) electrons. The van der Waals surface area contributed by atoms with Crippen LogP contribution in [0.1, 0.15) is 22.3 Å². The predicted octanol–water partition coefficient (Wildman–Crippen LogP) is 1.98. The van der Waals surface area contributed by atoms with E-state index < -0.39 is 11.4 Å². The molecule has 3 atom stereocenters. The highest BCUT2D eigenvalue weighted by Gasteiger charge is 2.42. The van der Waals surface area contributed by atoms with Crippen LogP contribution in [-0.4, -0.2) is 70.5 Å². The molecule has 0 amide bonds. The van der Waals surface area contributed by atoms with Crippen molar-refractivity contribution in [1.82, 2.24) is 14.2 Å². The lowest BCUT2D eigenvalue weighted by Crippen LogP contribution is -2.43. The van der Waals surface area contributed by atoms with Crippen LogP contribution in [0.25, 0.3) is 15.0 Å². The van der Waals surface area contributed by atoms with Crippen molar-refractivity contribution in [2.75, 3.05) is 32.0 Å². The maximum Gasteiger partial charge on any atom is 0.342 e. The zero-order valence-corrected chi connectivity index (χ0v) is 17.2. The van der Waals surface area contributed by atoms with E-state index in [1.165, 1.54) is 17.8 Å². The van der Waals surface area contributed by atoms with Crippen molar-refractivity contribution in [2.24, 2.45) is 10.9 Å². The minimum Gasteiger partial charge on any atom is -0.477 e. The van der Waals surface area contributed by atoms with Crippen LogP contribution in [0.2, 0.25) is 0 Å². The molecule has 1 aromatic carbocycles. The Balaban J connectivity index is 1.50. The largest absolute Gasteiger partial charge is 0.477 e. The number of likely N-dealkylation sites (N-methyl/N-ethyl adjacent to an activating group) is 1. The first-order valence-corrected chi connectivity index (χ1v) is 10.9. The first kappa shape index (κ1) is 18.1. The van der Waals surface area contributed by atoms with Gasteiger partial charge < -0.3 is 15.3 Å². The van der Waals surface area contributed by atoms with Crippen molar-refractivity contribution in [2.45, 2.75) is 18.8 Å². The summed E-state index contributed by atoms with van der Waals surface area (Å²) in [6.45, 7) is 3.04. The zero-order valence-electron chi connectivity index (χ0n) is 16.4. The SMILES string of the molecule is CN1CCC2CN(C3N=Cc4c(n5c(sc6ccccc65)c(C(=O)O)c4=O)N3)CC21. The van der Waals surface area contributed by atoms with Gasteiger partial charge in [-0.2, -0.15) is 0 Å². The van der Waals surface area contributed by atoms with Gasteiger partial charge >= 0.3 is 5.97 Å². The van der Waals surface area contributed by atoms with Crippen LogP contribution in [-0.2, 0) is 0 Å². The number of likely N-dealkylation sites (tertiary alicyclic amines) is 2. The van der Waals surface area contributed by atoms with E-state index >= 15 is 0 Å². The van der Waals surface area contributed by atoms with Crippen molar-refractivity contribution < 1.29 is 9.90 Å². The van der Waals surface area contributed by atoms with E-state index in [2.05, 4.69) is 27.2 Å². The Bertz CT molecular complexity index is 1300. The Morgan fingerprint density at radius 3 is 2.93 bits per heavy atom. The van der Waals surface area contributed by atoms with Crippen molar-refractivity contribution in [1.29, 1.82) is 0 Å². The molecule has 2 fully saturated rings. The van der Waals surface area contributed by atoms with Gasteiger partial charge in [0.25, 0.3) is 0 Å². The zero-order chi connectivity index (χ0) is 20.6. The van der Waals surface area contributed by atoms with Gasteiger partial charge in [0.1, 0.15) is 16.2 Å². The van der Waals surface area contributed by atoms with Crippen LogP contribution in [0.3, 0.4) is 0 Å². The number of para-hydroxylation sites is 1. The third-order valence-corrected chi connectivity index (χ3v) is 7.85. The molecule has 3 aliphatic heterocycles. The summed E-state index contributed by atoms with van der Waals surface area (Å²) in [4.78, 5) is 34.8. The van der Waals surface area contributed by atoms with Gasteiger partial charge in [0.15, 0.2) is 6.29 Å². The number of carboxylic acids is 1. The third-order valence-electron chi connectivity index (χ3n) is 6.70. The van der Waals surface area contributed by atoms with E-state index in [4.69, 9.17) is 0 Å². The van der Waals surface area contributed by atoms with Gasteiger partial charge in [-0.25, -0.2) is 4.79 Å². The van der Waals surface area contributed by atoms with E-state index in [0.717, 1.165) is 29.9 Å². The first-order chi connectivity index (χ1) is 14.5. The van der Waals surface area contributed by atoms with E-state index in [1.54, 1.807) is 6.21 Å². The second-order valence-corrected chi connectivity index (χ2v) is 9.36. The van der Waals surface area contributed by atoms with E-state index in [-0.39, 0.29) is 11.9 Å². The second-order valence-electron chi connectivity index (χ2n) is 8.33. The molecule has 2 N–H and O–H groups in total. The quantitative estimate of drug-likeness (QED) is 0.655. The highest BCUT2D eigenvalue weighted by Crippen LogP contribution is 2.35. The Hall–Kier alpha value is -2.75. The lowest BCUT2D eigenvalue weighted by atomic mass is 10.1. The molecule has 2 aromatic heterocycles. The number of nitrogens with one attached hydrogen (secondary N) is 1. The lowest BCUT2D eigenvalue weighted by Gasteiger charge is -2.30. The molecule has 0 aliphatic carbocycles. The maximum atomic E-state index is 13.0. The fourth-order valence-corrected chi connectivity index (χ4v) is 6.36. The van der Waals surface area contributed by atoms with Crippen molar-refractivity contribution in [3.63, 3.8) is 0 Å². The minimum atomic E-state index is -1.21. The van der Waals surface area contributed by atoms with Gasteiger partial charge in [0, 0.05) is 25.3 Å². The summed E-state index contributed by atoms with van der Waals surface area (Å²) in [5.41, 5.74) is 0.507. The number of anilines is 1. The standard InChI is InChI=1S/C21H21N5O3S/c1-24-7-6-11-9-25(10-14(11)24)21-22-8-12-17(27)16(20(28)29)19-26(18(12)23-21)13-4-2-3-5-15(13)30-19/h2-5,8,11,14,21,23H,6-7,9-10H2,1H3,(H,28,29). The summed E-state index contributed by atoms with van der Waals surface area (Å²) in [5, 5.41) is 13.2. The average molecular weight is 423 g/mol. The normalized spacial score (nSPS) is 26.2. The fourth-order valence-electron chi connectivity index (χ4n) is 5.18. The van der Waals surface area contributed by atoms with E-state index in [1.807, 2.05) is 28.7 Å². The van der Waals surface area contributed by atoms with Crippen LogP contribution >= 0.6 is 11.3 Å². The molecule has 0 spiro atoms.